The van der Waals surface area contributed by atoms with Crippen molar-refractivity contribution < 1.29 is 17.9 Å². The molecule has 1 aliphatic rings. The van der Waals surface area contributed by atoms with E-state index in [0.29, 0.717) is 24.6 Å². The molecule has 2 rings (SSSR count). The molecule has 1 amide bonds. The van der Waals surface area contributed by atoms with Gasteiger partial charge in [-0.3, -0.25) is 4.79 Å². The second-order valence-electron chi connectivity index (χ2n) is 6.07. The van der Waals surface area contributed by atoms with E-state index in [0.717, 1.165) is 6.42 Å². The van der Waals surface area contributed by atoms with Crippen LogP contribution in [0.3, 0.4) is 0 Å². The number of rotatable bonds is 6. The summed E-state index contributed by atoms with van der Waals surface area (Å²) >= 11 is 0. The highest BCUT2D eigenvalue weighted by Gasteiger charge is 2.30. The molecule has 23 heavy (non-hydrogen) atoms. The summed E-state index contributed by atoms with van der Waals surface area (Å²) in [6.45, 7) is 5.33. The lowest BCUT2D eigenvalue weighted by Gasteiger charge is -2.21. The van der Waals surface area contributed by atoms with E-state index < -0.39 is 10.0 Å². The molecular weight excluding hydrogens is 316 g/mol. The first kappa shape index (κ1) is 17.9. The molecule has 0 saturated carbocycles. The van der Waals surface area contributed by atoms with E-state index in [1.54, 1.807) is 12.1 Å². The fourth-order valence-corrected chi connectivity index (χ4v) is 3.96. The van der Waals surface area contributed by atoms with Crippen molar-refractivity contribution >= 4 is 15.9 Å². The van der Waals surface area contributed by atoms with Gasteiger partial charge in [0, 0.05) is 31.8 Å². The summed E-state index contributed by atoms with van der Waals surface area (Å²) in [5, 5.41) is 0. The SMILES string of the molecule is COCCNS(=O)(=O)c1cccc(C(=O)N2C[C@H](C)C[C@@H]2C)c1. The molecule has 128 valence electrons. The molecule has 0 aromatic heterocycles. The fraction of sp³-hybridized carbons (Fsp3) is 0.562. The number of amides is 1. The van der Waals surface area contributed by atoms with Crippen molar-refractivity contribution in [2.75, 3.05) is 26.8 Å². The predicted molar refractivity (Wildman–Crippen MR) is 87.8 cm³/mol. The number of likely N-dealkylation sites (tertiary alicyclic amines) is 1. The lowest BCUT2D eigenvalue weighted by molar-refractivity contribution is 0.0743. The van der Waals surface area contributed by atoms with Crippen LogP contribution in [-0.2, 0) is 14.8 Å². The zero-order chi connectivity index (χ0) is 17.0. The van der Waals surface area contributed by atoms with Crippen molar-refractivity contribution in [2.45, 2.75) is 31.2 Å². The molecule has 2 atom stereocenters. The Bertz CT molecular complexity index is 660. The van der Waals surface area contributed by atoms with E-state index in [2.05, 4.69) is 11.6 Å². The number of sulfonamides is 1. The van der Waals surface area contributed by atoms with Crippen molar-refractivity contribution in [3.05, 3.63) is 29.8 Å². The van der Waals surface area contributed by atoms with Crippen LogP contribution in [-0.4, -0.2) is 52.1 Å². The van der Waals surface area contributed by atoms with E-state index >= 15 is 0 Å². The first-order valence-corrected chi connectivity index (χ1v) is 9.23. The first-order chi connectivity index (χ1) is 10.8. The van der Waals surface area contributed by atoms with Gasteiger partial charge in [0.05, 0.1) is 11.5 Å². The topological polar surface area (TPSA) is 75.7 Å². The molecule has 7 heteroatoms. The Kier molecular flexibility index (Phi) is 5.78. The van der Waals surface area contributed by atoms with Crippen LogP contribution >= 0.6 is 0 Å². The summed E-state index contributed by atoms with van der Waals surface area (Å²) in [6, 6.07) is 6.36. The zero-order valence-corrected chi connectivity index (χ0v) is 14.6. The van der Waals surface area contributed by atoms with Gasteiger partial charge in [0.25, 0.3) is 5.91 Å². The number of hydrogen-bond acceptors (Lipinski definition) is 4. The van der Waals surface area contributed by atoms with Crippen molar-refractivity contribution in [3.8, 4) is 0 Å². The minimum Gasteiger partial charge on any atom is -0.383 e. The molecule has 0 bridgehead atoms. The molecule has 1 N–H and O–H groups in total. The van der Waals surface area contributed by atoms with Crippen molar-refractivity contribution in [3.63, 3.8) is 0 Å². The van der Waals surface area contributed by atoms with Crippen LogP contribution in [0.4, 0.5) is 0 Å². The average molecular weight is 340 g/mol. The Hall–Kier alpha value is -1.44. The number of hydrogen-bond donors (Lipinski definition) is 1. The van der Waals surface area contributed by atoms with Crippen LogP contribution < -0.4 is 4.72 Å². The smallest absolute Gasteiger partial charge is 0.254 e. The predicted octanol–water partition coefficient (Wildman–Crippen LogP) is 1.48. The maximum absolute atomic E-state index is 12.6. The molecule has 6 nitrogen and oxygen atoms in total. The molecule has 1 saturated heterocycles. The van der Waals surface area contributed by atoms with Crippen LogP contribution in [0.1, 0.15) is 30.6 Å². The maximum atomic E-state index is 12.6. The molecule has 1 fully saturated rings. The van der Waals surface area contributed by atoms with Crippen LogP contribution in [0.25, 0.3) is 0 Å². The monoisotopic (exact) mass is 340 g/mol. The molecule has 1 aromatic carbocycles. The third kappa shape index (κ3) is 4.31. The van der Waals surface area contributed by atoms with Crippen LogP contribution in [0.2, 0.25) is 0 Å². The third-order valence-corrected chi connectivity index (χ3v) is 5.49. The molecule has 0 unspecified atom stereocenters. The highest BCUT2D eigenvalue weighted by Crippen LogP contribution is 2.24. The number of nitrogens with one attached hydrogen (secondary N) is 1. The average Bonchev–Trinajstić information content (AvgIpc) is 2.85. The molecule has 0 spiro atoms. The molecule has 0 radical (unpaired) electrons. The van der Waals surface area contributed by atoms with E-state index in [-0.39, 0.29) is 23.4 Å². The zero-order valence-electron chi connectivity index (χ0n) is 13.8. The third-order valence-electron chi connectivity index (χ3n) is 4.03. The van der Waals surface area contributed by atoms with Crippen molar-refractivity contribution in [2.24, 2.45) is 5.92 Å². The molecule has 1 heterocycles. The number of carbonyl (C=O) groups is 1. The molecule has 1 aliphatic heterocycles. The Morgan fingerprint density at radius 3 is 2.74 bits per heavy atom. The van der Waals surface area contributed by atoms with E-state index in [1.165, 1.54) is 19.2 Å². The maximum Gasteiger partial charge on any atom is 0.254 e. The van der Waals surface area contributed by atoms with Gasteiger partial charge in [0.1, 0.15) is 0 Å². The second-order valence-corrected chi connectivity index (χ2v) is 7.83. The summed E-state index contributed by atoms with van der Waals surface area (Å²) in [5.41, 5.74) is 0.403. The Morgan fingerprint density at radius 1 is 1.39 bits per heavy atom. The van der Waals surface area contributed by atoms with Gasteiger partial charge in [-0.05, 0) is 37.5 Å². The fourth-order valence-electron chi connectivity index (χ4n) is 2.91. The lowest BCUT2D eigenvalue weighted by Crippen LogP contribution is -2.34. The van der Waals surface area contributed by atoms with E-state index in [4.69, 9.17) is 4.74 Å². The standard InChI is InChI=1S/C16H24N2O4S/c1-12-9-13(2)18(11-12)16(19)14-5-4-6-15(10-14)23(20,21)17-7-8-22-3/h4-6,10,12-13,17H,7-9,11H2,1-3H3/t12-,13+/m1/s1. The normalized spacial score (nSPS) is 21.6. The number of methoxy groups -OCH3 is 1. The minimum absolute atomic E-state index is 0.0966. The van der Waals surface area contributed by atoms with Crippen molar-refractivity contribution in [1.82, 2.24) is 9.62 Å². The lowest BCUT2D eigenvalue weighted by atomic mass is 10.1. The van der Waals surface area contributed by atoms with E-state index in [1.807, 2.05) is 11.8 Å². The van der Waals surface area contributed by atoms with Crippen LogP contribution in [0.15, 0.2) is 29.2 Å². The van der Waals surface area contributed by atoms with E-state index in [9.17, 15) is 13.2 Å². The van der Waals surface area contributed by atoms with Crippen LogP contribution in [0.5, 0.6) is 0 Å². The van der Waals surface area contributed by atoms with Gasteiger partial charge >= 0.3 is 0 Å². The van der Waals surface area contributed by atoms with Gasteiger partial charge in [0.15, 0.2) is 0 Å². The highest BCUT2D eigenvalue weighted by atomic mass is 32.2. The van der Waals surface area contributed by atoms with Gasteiger partial charge in [-0.25, -0.2) is 13.1 Å². The van der Waals surface area contributed by atoms with Gasteiger partial charge in [-0.1, -0.05) is 13.0 Å². The summed E-state index contributed by atoms with van der Waals surface area (Å²) in [4.78, 5) is 14.5. The van der Waals surface area contributed by atoms with Gasteiger partial charge in [-0.15, -0.1) is 0 Å². The van der Waals surface area contributed by atoms with Crippen molar-refractivity contribution in [1.29, 1.82) is 0 Å². The first-order valence-electron chi connectivity index (χ1n) is 7.75. The number of benzene rings is 1. The quantitative estimate of drug-likeness (QED) is 0.796. The summed E-state index contributed by atoms with van der Waals surface area (Å²) in [7, 11) is -2.13. The summed E-state index contributed by atoms with van der Waals surface area (Å²) < 4.78 is 31.7. The molecule has 0 aliphatic carbocycles. The van der Waals surface area contributed by atoms with Gasteiger partial charge in [-0.2, -0.15) is 0 Å². The largest absolute Gasteiger partial charge is 0.383 e. The summed E-state index contributed by atoms with van der Waals surface area (Å²) in [6.07, 6.45) is 0.975. The number of ether oxygens (including phenoxy) is 1. The van der Waals surface area contributed by atoms with Crippen LogP contribution in [0, 0.1) is 5.92 Å². The highest BCUT2D eigenvalue weighted by molar-refractivity contribution is 7.89. The second kappa shape index (κ2) is 7.42. The Balaban J connectivity index is 2.18. The summed E-state index contributed by atoms with van der Waals surface area (Å²) in [5.74, 6) is 0.354. The number of nitrogens with zero attached hydrogens (tertiary/aromatic N) is 1. The Morgan fingerprint density at radius 2 is 2.13 bits per heavy atom. The minimum atomic E-state index is -3.64. The van der Waals surface area contributed by atoms with Gasteiger partial charge in [0.2, 0.25) is 10.0 Å². The molecule has 1 aromatic rings. The van der Waals surface area contributed by atoms with Gasteiger partial charge < -0.3 is 9.64 Å². The Labute approximate surface area is 137 Å². The number of carbonyl (C=O) groups excluding carboxylic acids is 1. The molecular formula is C16H24N2O4S.